The van der Waals surface area contributed by atoms with Gasteiger partial charge in [0.15, 0.2) is 5.75 Å². The number of benzene rings is 1. The molecule has 88 valence electrons. The quantitative estimate of drug-likeness (QED) is 0.596. The van der Waals surface area contributed by atoms with Crippen molar-refractivity contribution in [3.05, 3.63) is 24.3 Å². The molecule has 0 saturated heterocycles. The average molecular weight is 223 g/mol. The Morgan fingerprint density at radius 2 is 2.06 bits per heavy atom. The largest absolute Gasteiger partial charge is 0.335 e. The van der Waals surface area contributed by atoms with Crippen LogP contribution in [0.25, 0.3) is 0 Å². The highest BCUT2D eigenvalue weighted by atomic mass is 17.2. The Morgan fingerprint density at radius 1 is 1.31 bits per heavy atom. The van der Waals surface area contributed by atoms with Crippen molar-refractivity contribution in [3.63, 3.8) is 0 Å². The zero-order chi connectivity index (χ0) is 11.8. The van der Waals surface area contributed by atoms with E-state index in [1.54, 1.807) is 12.1 Å². The minimum absolute atomic E-state index is 0.0185. The van der Waals surface area contributed by atoms with Crippen molar-refractivity contribution in [3.8, 4) is 5.75 Å². The molecule has 0 aliphatic rings. The van der Waals surface area contributed by atoms with Gasteiger partial charge in [0.25, 0.3) is 0 Å². The van der Waals surface area contributed by atoms with E-state index < -0.39 is 0 Å². The van der Waals surface area contributed by atoms with Gasteiger partial charge in [0.1, 0.15) is 0 Å². The van der Waals surface area contributed by atoms with Crippen LogP contribution < -0.4 is 10.2 Å². The fourth-order valence-electron chi connectivity index (χ4n) is 1.20. The molecule has 0 saturated carbocycles. The minimum Gasteiger partial charge on any atom is -0.335 e. The van der Waals surface area contributed by atoms with E-state index in [9.17, 15) is 4.79 Å². The summed E-state index contributed by atoms with van der Waals surface area (Å²) in [7, 11) is 0. The van der Waals surface area contributed by atoms with Crippen LogP contribution in [0.4, 0.5) is 5.69 Å². The third kappa shape index (κ3) is 3.90. The molecule has 0 fully saturated rings. The number of hydrogen-bond donors (Lipinski definition) is 1. The molecule has 0 aliphatic heterocycles. The zero-order valence-corrected chi connectivity index (χ0v) is 9.66. The van der Waals surface area contributed by atoms with Crippen LogP contribution in [0.2, 0.25) is 0 Å². The molecule has 1 amide bonds. The van der Waals surface area contributed by atoms with Crippen molar-refractivity contribution in [1.82, 2.24) is 0 Å². The number of rotatable bonds is 6. The van der Waals surface area contributed by atoms with E-state index in [-0.39, 0.29) is 5.91 Å². The van der Waals surface area contributed by atoms with Gasteiger partial charge in [-0.2, -0.15) is 4.89 Å². The van der Waals surface area contributed by atoms with Crippen molar-refractivity contribution in [2.75, 3.05) is 11.9 Å². The van der Waals surface area contributed by atoms with Gasteiger partial charge in [-0.05, 0) is 25.5 Å². The molecule has 0 bridgehead atoms. The summed E-state index contributed by atoms with van der Waals surface area (Å²) >= 11 is 0. The highest BCUT2D eigenvalue weighted by Gasteiger charge is 2.07. The third-order valence-electron chi connectivity index (χ3n) is 1.90. The van der Waals surface area contributed by atoms with Crippen molar-refractivity contribution in [1.29, 1.82) is 0 Å². The molecule has 0 radical (unpaired) electrons. The molecule has 4 heteroatoms. The SMILES string of the molecule is CCCC(=O)Nc1ccccc1OOCC. The summed E-state index contributed by atoms with van der Waals surface area (Å²) in [5.41, 5.74) is 0.634. The van der Waals surface area contributed by atoms with Gasteiger partial charge in [0.2, 0.25) is 5.91 Å². The normalized spacial score (nSPS) is 9.88. The van der Waals surface area contributed by atoms with Crippen molar-refractivity contribution < 1.29 is 14.6 Å². The summed E-state index contributed by atoms with van der Waals surface area (Å²) in [4.78, 5) is 21.3. The maximum Gasteiger partial charge on any atom is 0.224 e. The molecule has 1 rings (SSSR count). The van der Waals surface area contributed by atoms with Gasteiger partial charge in [0, 0.05) is 6.42 Å². The maximum atomic E-state index is 11.4. The number of para-hydroxylation sites is 2. The van der Waals surface area contributed by atoms with Crippen LogP contribution in [-0.4, -0.2) is 12.5 Å². The molecule has 0 atom stereocenters. The van der Waals surface area contributed by atoms with E-state index in [1.807, 2.05) is 26.0 Å². The van der Waals surface area contributed by atoms with Crippen LogP contribution in [0.15, 0.2) is 24.3 Å². The van der Waals surface area contributed by atoms with Gasteiger partial charge in [0.05, 0.1) is 12.3 Å². The Labute approximate surface area is 95.5 Å². The molecule has 4 nitrogen and oxygen atoms in total. The van der Waals surface area contributed by atoms with E-state index in [1.165, 1.54) is 0 Å². The summed E-state index contributed by atoms with van der Waals surface area (Å²) < 4.78 is 0. The first-order valence-corrected chi connectivity index (χ1v) is 5.46. The van der Waals surface area contributed by atoms with E-state index in [0.29, 0.717) is 24.5 Å². The van der Waals surface area contributed by atoms with E-state index in [0.717, 1.165) is 6.42 Å². The fourth-order valence-corrected chi connectivity index (χ4v) is 1.20. The highest BCUT2D eigenvalue weighted by molar-refractivity contribution is 5.92. The molecule has 0 aromatic heterocycles. The molecule has 1 aromatic rings. The Morgan fingerprint density at radius 3 is 2.75 bits per heavy atom. The summed E-state index contributed by atoms with van der Waals surface area (Å²) in [6, 6.07) is 7.18. The van der Waals surface area contributed by atoms with E-state index >= 15 is 0 Å². The van der Waals surface area contributed by atoms with E-state index in [2.05, 4.69) is 5.32 Å². The first kappa shape index (κ1) is 12.5. The predicted molar refractivity (Wildman–Crippen MR) is 62.2 cm³/mol. The number of carbonyl (C=O) groups excluding carboxylic acids is 1. The number of carbonyl (C=O) groups is 1. The Kier molecular flexibility index (Phi) is 5.36. The lowest BCUT2D eigenvalue weighted by atomic mass is 10.2. The number of nitrogens with one attached hydrogen (secondary N) is 1. The fraction of sp³-hybridized carbons (Fsp3) is 0.417. The molecule has 1 N–H and O–H groups in total. The average Bonchev–Trinajstić information content (AvgIpc) is 2.28. The van der Waals surface area contributed by atoms with Gasteiger partial charge in [-0.1, -0.05) is 19.1 Å². The van der Waals surface area contributed by atoms with Crippen molar-refractivity contribution in [2.24, 2.45) is 0 Å². The van der Waals surface area contributed by atoms with Crippen LogP contribution in [0.3, 0.4) is 0 Å². The smallest absolute Gasteiger partial charge is 0.224 e. The predicted octanol–water partition coefficient (Wildman–Crippen LogP) is 2.76. The third-order valence-corrected chi connectivity index (χ3v) is 1.90. The number of anilines is 1. The Bertz CT molecular complexity index is 339. The first-order chi connectivity index (χ1) is 7.77. The molecular weight excluding hydrogens is 206 g/mol. The standard InChI is InChI=1S/C12H17NO3/c1-3-7-12(14)13-10-8-5-6-9-11(10)16-15-4-2/h5-6,8-9H,3-4,7H2,1-2H3,(H,13,14). The van der Waals surface area contributed by atoms with Crippen LogP contribution >= 0.6 is 0 Å². The monoisotopic (exact) mass is 223 g/mol. The lowest BCUT2D eigenvalue weighted by molar-refractivity contribution is -0.201. The highest BCUT2D eigenvalue weighted by Crippen LogP contribution is 2.24. The maximum absolute atomic E-state index is 11.4. The number of amides is 1. The number of hydrogen-bond acceptors (Lipinski definition) is 3. The lowest BCUT2D eigenvalue weighted by Crippen LogP contribution is -2.11. The summed E-state index contributed by atoms with van der Waals surface area (Å²) in [6.07, 6.45) is 1.32. The van der Waals surface area contributed by atoms with Crippen LogP contribution in [-0.2, 0) is 9.68 Å². The molecule has 0 unspecified atom stereocenters. The van der Waals surface area contributed by atoms with Gasteiger partial charge in [-0.25, -0.2) is 0 Å². The second kappa shape index (κ2) is 6.85. The summed E-state index contributed by atoms with van der Waals surface area (Å²) in [5.74, 6) is 0.504. The van der Waals surface area contributed by atoms with E-state index in [4.69, 9.17) is 9.78 Å². The van der Waals surface area contributed by atoms with Gasteiger partial charge in [-0.15, -0.1) is 0 Å². The van der Waals surface area contributed by atoms with Gasteiger partial charge in [-0.3, -0.25) is 4.79 Å². The van der Waals surface area contributed by atoms with Gasteiger partial charge >= 0.3 is 0 Å². The molecule has 1 aromatic carbocycles. The Balaban J connectivity index is 2.66. The molecule has 0 heterocycles. The first-order valence-electron chi connectivity index (χ1n) is 5.46. The minimum atomic E-state index is -0.0185. The Hall–Kier alpha value is -1.55. The van der Waals surface area contributed by atoms with Gasteiger partial charge < -0.3 is 10.2 Å². The van der Waals surface area contributed by atoms with Crippen LogP contribution in [0, 0.1) is 0 Å². The lowest BCUT2D eigenvalue weighted by Gasteiger charge is -2.09. The zero-order valence-electron chi connectivity index (χ0n) is 9.66. The van der Waals surface area contributed by atoms with Crippen molar-refractivity contribution >= 4 is 11.6 Å². The van der Waals surface area contributed by atoms with Crippen LogP contribution in [0.1, 0.15) is 26.7 Å². The summed E-state index contributed by atoms with van der Waals surface area (Å²) in [6.45, 7) is 4.25. The molecule has 16 heavy (non-hydrogen) atoms. The molecule has 0 spiro atoms. The second-order valence-electron chi connectivity index (χ2n) is 3.28. The van der Waals surface area contributed by atoms with Crippen LogP contribution in [0.5, 0.6) is 5.75 Å². The molecular formula is C12H17NO3. The summed E-state index contributed by atoms with van der Waals surface area (Å²) in [5, 5.41) is 2.78. The molecule has 0 aliphatic carbocycles. The van der Waals surface area contributed by atoms with Crippen molar-refractivity contribution in [2.45, 2.75) is 26.7 Å². The topological polar surface area (TPSA) is 47.6 Å². The second-order valence-corrected chi connectivity index (χ2v) is 3.28.